The minimum Gasteiger partial charge on any atom is -0.485 e. The van der Waals surface area contributed by atoms with E-state index in [2.05, 4.69) is 5.32 Å². The molecule has 2 aromatic carbocycles. The maximum atomic E-state index is 13.3. The first kappa shape index (κ1) is 19.7. The molecule has 29 heavy (non-hydrogen) atoms. The summed E-state index contributed by atoms with van der Waals surface area (Å²) in [5, 5.41) is 3.59. The molecule has 0 bridgehead atoms. The van der Waals surface area contributed by atoms with Crippen LogP contribution in [-0.2, 0) is 4.79 Å². The maximum absolute atomic E-state index is 13.3. The van der Waals surface area contributed by atoms with Gasteiger partial charge in [0.25, 0.3) is 5.91 Å². The van der Waals surface area contributed by atoms with Gasteiger partial charge in [-0.25, -0.2) is 4.39 Å². The van der Waals surface area contributed by atoms with Crippen molar-refractivity contribution in [2.24, 2.45) is 0 Å². The molecule has 2 heterocycles. The van der Waals surface area contributed by atoms with Gasteiger partial charge in [-0.2, -0.15) is 0 Å². The number of piperazine rings is 1. The molecule has 2 aromatic rings. The number of benzene rings is 2. The second-order valence-corrected chi connectivity index (χ2v) is 7.53. The van der Waals surface area contributed by atoms with E-state index in [-0.39, 0.29) is 17.5 Å². The van der Waals surface area contributed by atoms with Gasteiger partial charge in [-0.3, -0.25) is 4.79 Å². The summed E-state index contributed by atoms with van der Waals surface area (Å²) in [7, 11) is 0. The van der Waals surface area contributed by atoms with Crippen molar-refractivity contribution in [2.45, 2.75) is 6.10 Å². The summed E-state index contributed by atoms with van der Waals surface area (Å²) >= 11 is 11.2. The molecule has 0 aromatic heterocycles. The first-order valence-corrected chi connectivity index (χ1v) is 9.98. The number of thiocarbonyl (C=S) groups is 1. The SMILES string of the molecule is O=C(C1COc2ccccc2O1)N1CCN(C(=S)Nc2ccc(F)c(Cl)c2)CC1. The molecule has 2 aliphatic heterocycles. The quantitative estimate of drug-likeness (QED) is 0.731. The molecule has 2 aliphatic rings. The monoisotopic (exact) mass is 435 g/mol. The molecule has 1 saturated heterocycles. The van der Waals surface area contributed by atoms with E-state index in [1.165, 1.54) is 12.1 Å². The number of carbonyl (C=O) groups is 1. The van der Waals surface area contributed by atoms with Crippen LogP contribution in [0.25, 0.3) is 0 Å². The van der Waals surface area contributed by atoms with E-state index >= 15 is 0 Å². The number of fused-ring (bicyclic) bond motifs is 1. The Hall–Kier alpha value is -2.58. The van der Waals surface area contributed by atoms with Gasteiger partial charge in [0.2, 0.25) is 6.10 Å². The van der Waals surface area contributed by atoms with Crippen LogP contribution in [0.15, 0.2) is 42.5 Å². The topological polar surface area (TPSA) is 54.0 Å². The second kappa shape index (κ2) is 8.42. The number of halogens is 2. The second-order valence-electron chi connectivity index (χ2n) is 6.74. The standard InChI is InChI=1S/C20H19ClFN3O3S/c21-14-11-13(5-6-15(14)22)23-20(29)25-9-7-24(8-10-25)19(26)18-12-27-16-3-1-2-4-17(16)28-18/h1-6,11,18H,7-10,12H2,(H,23,29). The molecular weight excluding hydrogens is 417 g/mol. The third-order valence-corrected chi connectivity index (χ3v) is 5.48. The molecular formula is C20H19ClFN3O3S. The van der Waals surface area contributed by atoms with Gasteiger partial charge in [-0.15, -0.1) is 0 Å². The average molecular weight is 436 g/mol. The van der Waals surface area contributed by atoms with Gasteiger partial charge in [0, 0.05) is 31.9 Å². The molecule has 9 heteroatoms. The van der Waals surface area contributed by atoms with Gasteiger partial charge in [0.15, 0.2) is 16.6 Å². The van der Waals surface area contributed by atoms with Gasteiger partial charge in [-0.05, 0) is 42.5 Å². The Morgan fingerprint density at radius 3 is 2.52 bits per heavy atom. The molecule has 0 saturated carbocycles. The molecule has 1 unspecified atom stereocenters. The summed E-state index contributed by atoms with van der Waals surface area (Å²) in [5.74, 6) is 0.660. The number of hydrogen-bond donors (Lipinski definition) is 1. The first-order chi connectivity index (χ1) is 14.0. The number of amides is 1. The van der Waals surface area contributed by atoms with Crippen LogP contribution in [0.2, 0.25) is 5.02 Å². The number of rotatable bonds is 2. The Bertz CT molecular complexity index is 937. The molecule has 0 spiro atoms. The Kier molecular flexibility index (Phi) is 5.73. The molecule has 152 valence electrons. The minimum absolute atomic E-state index is 0.0319. The van der Waals surface area contributed by atoms with Crippen molar-refractivity contribution in [3.05, 3.63) is 53.3 Å². The van der Waals surface area contributed by atoms with Crippen molar-refractivity contribution in [3.63, 3.8) is 0 Å². The summed E-state index contributed by atoms with van der Waals surface area (Å²) in [4.78, 5) is 16.5. The fourth-order valence-corrected chi connectivity index (χ4v) is 3.73. The van der Waals surface area contributed by atoms with Crippen LogP contribution in [-0.4, -0.2) is 59.7 Å². The normalized spacial score (nSPS) is 18.3. The molecule has 1 N–H and O–H groups in total. The predicted octanol–water partition coefficient (Wildman–Crippen LogP) is 3.16. The Morgan fingerprint density at radius 1 is 1.10 bits per heavy atom. The summed E-state index contributed by atoms with van der Waals surface area (Å²) < 4.78 is 24.7. The van der Waals surface area contributed by atoms with Gasteiger partial charge in [0.05, 0.1) is 5.02 Å². The fourth-order valence-electron chi connectivity index (χ4n) is 3.25. The number of nitrogens with zero attached hydrogens (tertiary/aromatic N) is 2. The molecule has 4 rings (SSSR count). The number of ether oxygens (including phenoxy) is 2. The van der Waals surface area contributed by atoms with Crippen LogP contribution in [0.3, 0.4) is 0 Å². The van der Waals surface area contributed by atoms with E-state index in [1.54, 1.807) is 17.0 Å². The highest BCUT2D eigenvalue weighted by atomic mass is 35.5. The van der Waals surface area contributed by atoms with Crippen LogP contribution >= 0.6 is 23.8 Å². The van der Waals surface area contributed by atoms with Crippen molar-refractivity contribution in [3.8, 4) is 11.5 Å². The molecule has 1 amide bonds. The van der Waals surface area contributed by atoms with Crippen molar-refractivity contribution in [1.82, 2.24) is 9.80 Å². The summed E-state index contributed by atoms with van der Waals surface area (Å²) in [5.41, 5.74) is 0.617. The van der Waals surface area contributed by atoms with E-state index in [0.29, 0.717) is 48.5 Å². The van der Waals surface area contributed by atoms with Crippen molar-refractivity contribution >= 4 is 40.5 Å². The van der Waals surface area contributed by atoms with E-state index in [4.69, 9.17) is 33.3 Å². The van der Waals surface area contributed by atoms with Crippen molar-refractivity contribution in [1.29, 1.82) is 0 Å². The van der Waals surface area contributed by atoms with Gasteiger partial charge < -0.3 is 24.6 Å². The lowest BCUT2D eigenvalue weighted by atomic mass is 10.2. The third-order valence-electron chi connectivity index (χ3n) is 4.83. The zero-order valence-electron chi connectivity index (χ0n) is 15.4. The molecule has 6 nitrogen and oxygen atoms in total. The zero-order chi connectivity index (χ0) is 20.4. The molecule has 0 radical (unpaired) electrons. The van der Waals surface area contributed by atoms with Crippen molar-refractivity contribution < 1.29 is 18.7 Å². The first-order valence-electron chi connectivity index (χ1n) is 9.19. The summed E-state index contributed by atoms with van der Waals surface area (Å²) in [6.45, 7) is 2.40. The molecule has 1 fully saturated rings. The van der Waals surface area contributed by atoms with Crippen LogP contribution in [0.5, 0.6) is 11.5 Å². The molecule has 1 atom stereocenters. The number of hydrogen-bond acceptors (Lipinski definition) is 4. The van der Waals surface area contributed by atoms with Crippen molar-refractivity contribution in [2.75, 3.05) is 38.1 Å². The van der Waals surface area contributed by atoms with E-state index < -0.39 is 11.9 Å². The lowest BCUT2D eigenvalue weighted by Gasteiger charge is -2.38. The maximum Gasteiger partial charge on any atom is 0.267 e. The van der Waals surface area contributed by atoms with E-state index in [0.717, 1.165) is 0 Å². The smallest absolute Gasteiger partial charge is 0.267 e. The highest BCUT2D eigenvalue weighted by molar-refractivity contribution is 7.80. The Morgan fingerprint density at radius 2 is 1.79 bits per heavy atom. The number of anilines is 1. The Balaban J connectivity index is 1.30. The third kappa shape index (κ3) is 4.38. The summed E-state index contributed by atoms with van der Waals surface area (Å²) in [6.07, 6.45) is -0.650. The summed E-state index contributed by atoms with van der Waals surface area (Å²) in [6, 6.07) is 11.7. The fraction of sp³-hybridized carbons (Fsp3) is 0.300. The van der Waals surface area contributed by atoms with E-state index in [1.807, 2.05) is 23.1 Å². The number of carbonyl (C=O) groups excluding carboxylic acids is 1. The highest BCUT2D eigenvalue weighted by Crippen LogP contribution is 2.31. The Labute approximate surface area is 178 Å². The van der Waals surface area contributed by atoms with E-state index in [9.17, 15) is 9.18 Å². The largest absolute Gasteiger partial charge is 0.485 e. The zero-order valence-corrected chi connectivity index (χ0v) is 17.0. The number of para-hydroxylation sites is 2. The lowest BCUT2D eigenvalue weighted by molar-refractivity contribution is -0.142. The molecule has 0 aliphatic carbocycles. The minimum atomic E-state index is -0.650. The highest BCUT2D eigenvalue weighted by Gasteiger charge is 2.33. The van der Waals surface area contributed by atoms with Gasteiger partial charge in [0.1, 0.15) is 12.4 Å². The average Bonchev–Trinajstić information content (AvgIpc) is 2.75. The predicted molar refractivity (Wildman–Crippen MR) is 112 cm³/mol. The van der Waals surface area contributed by atoms with Crippen LogP contribution in [0.4, 0.5) is 10.1 Å². The van der Waals surface area contributed by atoms with Crippen LogP contribution in [0.1, 0.15) is 0 Å². The number of nitrogens with one attached hydrogen (secondary N) is 1. The van der Waals surface area contributed by atoms with Crippen LogP contribution < -0.4 is 14.8 Å². The van der Waals surface area contributed by atoms with Gasteiger partial charge >= 0.3 is 0 Å². The lowest BCUT2D eigenvalue weighted by Crippen LogP contribution is -2.55. The van der Waals surface area contributed by atoms with Gasteiger partial charge in [-0.1, -0.05) is 23.7 Å². The van der Waals surface area contributed by atoms with Crippen LogP contribution in [0, 0.1) is 5.82 Å².